The number of nitrogens with zero attached hydrogens (tertiary/aromatic N) is 2. The summed E-state index contributed by atoms with van der Waals surface area (Å²) in [6.07, 6.45) is 0. The molecule has 0 aliphatic carbocycles. The van der Waals surface area contributed by atoms with Gasteiger partial charge in [-0.1, -0.05) is 138 Å². The molecule has 14 rings (SSSR count). The third kappa shape index (κ3) is 5.84. The zero-order valence-electron chi connectivity index (χ0n) is 47.1. The first-order valence-electron chi connectivity index (χ1n) is 27.6. The SMILES string of the molecule is [2H]C([2H])([2H])c1cccc(C)c1-c1cc2ccc3cc(-c4c5c6cc(C(C)(C)C)cc7c8cc(C(C)(C)C)ccc8n(c5cc5c8cc(C(C)(C)C)cc9c%10cc(C(C)(C)C)ccc%10n(c45)c98)c76)cc4ccc(c1)c2c34. The molecular formula is C70H64N2. The van der Waals surface area contributed by atoms with Gasteiger partial charge in [0.05, 0.1) is 33.1 Å². The van der Waals surface area contributed by atoms with Gasteiger partial charge >= 0.3 is 0 Å². The Hall–Kier alpha value is -7.16. The Morgan fingerprint density at radius 2 is 0.736 bits per heavy atom. The monoisotopic (exact) mass is 936 g/mol. The third-order valence-electron chi connectivity index (χ3n) is 16.9. The van der Waals surface area contributed by atoms with Crippen LogP contribution in [0.1, 0.15) is 121 Å². The highest BCUT2D eigenvalue weighted by molar-refractivity contribution is 6.35. The van der Waals surface area contributed by atoms with Crippen molar-refractivity contribution in [2.45, 2.75) is 119 Å². The highest BCUT2D eigenvalue weighted by Gasteiger charge is 2.31. The maximum atomic E-state index is 8.46. The average molecular weight is 936 g/mol. The number of fused-ring (bicyclic) bond motifs is 12. The largest absolute Gasteiger partial charge is 0.308 e. The lowest BCUT2D eigenvalue weighted by atomic mass is 9.83. The lowest BCUT2D eigenvalue weighted by Crippen LogP contribution is -2.11. The van der Waals surface area contributed by atoms with E-state index in [0.29, 0.717) is 5.56 Å². The molecule has 14 aromatic rings. The van der Waals surface area contributed by atoms with E-state index in [2.05, 4.69) is 207 Å². The predicted molar refractivity (Wildman–Crippen MR) is 315 cm³/mol. The topological polar surface area (TPSA) is 8.82 Å². The standard InChI is InChI=1S/C70H64N2/c1-37-16-15-17-38(2)59(37)43-26-39-18-20-41-28-44(29-42-21-19-40(27-43)60(39)61(41)42)62-63-55-35-48(70(12,13)14)33-52-49-30-45(67(3,4)5)22-24-56(49)71(65(52)55)58(63)36-54-53-34-47(69(9,10)11)32-51-50-31-46(68(6,7)8)23-25-57(50)72(64(51)53)66(54)62/h15-36H,1-14H3/i1D3. The molecule has 0 saturated carbocycles. The van der Waals surface area contributed by atoms with Crippen molar-refractivity contribution in [1.82, 2.24) is 8.80 Å². The van der Waals surface area contributed by atoms with Crippen molar-refractivity contribution in [2.75, 3.05) is 0 Å². The minimum atomic E-state index is -2.23. The molecule has 10 aromatic carbocycles. The van der Waals surface area contributed by atoms with Crippen LogP contribution >= 0.6 is 0 Å². The normalized spacial score (nSPS) is 14.5. The van der Waals surface area contributed by atoms with Crippen molar-refractivity contribution < 1.29 is 4.11 Å². The Kier molecular flexibility index (Phi) is 7.79. The van der Waals surface area contributed by atoms with Crippen LogP contribution in [0.4, 0.5) is 0 Å². The van der Waals surface area contributed by atoms with Crippen LogP contribution in [0.5, 0.6) is 0 Å². The second kappa shape index (κ2) is 13.9. The van der Waals surface area contributed by atoms with E-state index < -0.39 is 6.85 Å². The number of hydrogen-bond acceptors (Lipinski definition) is 0. The van der Waals surface area contributed by atoms with Gasteiger partial charge in [0.2, 0.25) is 0 Å². The summed E-state index contributed by atoms with van der Waals surface area (Å²) in [6, 6.07) is 51.1. The fourth-order valence-electron chi connectivity index (χ4n) is 13.0. The van der Waals surface area contributed by atoms with Crippen molar-refractivity contribution in [1.29, 1.82) is 0 Å². The molecule has 354 valence electrons. The minimum absolute atomic E-state index is 0.000219. The molecule has 0 radical (unpaired) electrons. The molecule has 0 bridgehead atoms. The lowest BCUT2D eigenvalue weighted by molar-refractivity contribution is 0.590. The van der Waals surface area contributed by atoms with E-state index in [-0.39, 0.29) is 21.7 Å². The van der Waals surface area contributed by atoms with Crippen LogP contribution in [0, 0.1) is 13.8 Å². The van der Waals surface area contributed by atoms with Gasteiger partial charge in [-0.2, -0.15) is 0 Å². The molecule has 0 aliphatic rings. The van der Waals surface area contributed by atoms with Crippen LogP contribution in [-0.2, 0) is 21.7 Å². The van der Waals surface area contributed by atoms with Gasteiger partial charge in [0.15, 0.2) is 0 Å². The summed E-state index contributed by atoms with van der Waals surface area (Å²) in [4.78, 5) is 0. The quantitative estimate of drug-likeness (QED) is 0.153. The smallest absolute Gasteiger partial charge is 0.0627 e. The van der Waals surface area contributed by atoms with E-state index in [1.54, 1.807) is 6.07 Å². The molecule has 0 N–H and O–H groups in total. The van der Waals surface area contributed by atoms with Crippen LogP contribution < -0.4 is 0 Å². The van der Waals surface area contributed by atoms with Gasteiger partial charge in [0.1, 0.15) is 0 Å². The summed E-state index contributed by atoms with van der Waals surface area (Å²) in [5.41, 5.74) is 18.2. The maximum absolute atomic E-state index is 8.46. The van der Waals surface area contributed by atoms with E-state index in [0.717, 1.165) is 27.5 Å². The molecule has 0 amide bonds. The molecule has 72 heavy (non-hydrogen) atoms. The molecule has 0 atom stereocenters. The number of rotatable bonds is 2. The first-order chi connectivity index (χ1) is 35.3. The predicted octanol–water partition coefficient (Wildman–Crippen LogP) is 20.0. The third-order valence-corrected chi connectivity index (χ3v) is 16.9. The first kappa shape index (κ1) is 40.4. The van der Waals surface area contributed by atoms with Crippen LogP contribution in [0.15, 0.2) is 133 Å². The van der Waals surface area contributed by atoms with Gasteiger partial charge in [-0.15, -0.1) is 0 Å². The molecule has 0 aliphatic heterocycles. The summed E-state index contributed by atoms with van der Waals surface area (Å²) < 4.78 is 30.6. The van der Waals surface area contributed by atoms with Crippen LogP contribution in [0.2, 0.25) is 0 Å². The van der Waals surface area contributed by atoms with Crippen LogP contribution in [-0.4, -0.2) is 8.80 Å². The number of benzene rings is 10. The van der Waals surface area contributed by atoms with Crippen LogP contribution in [0.25, 0.3) is 131 Å². The summed E-state index contributed by atoms with van der Waals surface area (Å²) in [5.74, 6) is 0. The Morgan fingerprint density at radius 3 is 1.22 bits per heavy atom. The van der Waals surface area contributed by atoms with Gasteiger partial charge in [0.25, 0.3) is 0 Å². The zero-order valence-corrected chi connectivity index (χ0v) is 44.1. The molecule has 2 nitrogen and oxygen atoms in total. The summed E-state index contributed by atoms with van der Waals surface area (Å²) in [6.45, 7) is 27.8. The van der Waals surface area contributed by atoms with E-state index in [1.165, 1.54) is 131 Å². The van der Waals surface area contributed by atoms with Crippen molar-refractivity contribution in [3.63, 3.8) is 0 Å². The molecule has 0 saturated heterocycles. The zero-order chi connectivity index (χ0) is 52.5. The maximum Gasteiger partial charge on any atom is 0.0627 e. The first-order valence-corrected chi connectivity index (χ1v) is 26.1. The number of aromatic nitrogens is 2. The molecule has 0 spiro atoms. The minimum Gasteiger partial charge on any atom is -0.308 e. The Bertz CT molecular complexity index is 4700. The molecule has 4 aromatic heterocycles. The average Bonchev–Trinajstić information content (AvgIpc) is 4.17. The molecule has 2 heteroatoms. The second-order valence-corrected chi connectivity index (χ2v) is 25.7. The fourth-order valence-corrected chi connectivity index (χ4v) is 13.0. The summed E-state index contributed by atoms with van der Waals surface area (Å²) in [7, 11) is 0. The second-order valence-electron chi connectivity index (χ2n) is 25.7. The molecule has 0 unspecified atom stereocenters. The highest BCUT2D eigenvalue weighted by Crippen LogP contribution is 2.53. The van der Waals surface area contributed by atoms with Crippen LogP contribution in [0.3, 0.4) is 0 Å². The Labute approximate surface area is 427 Å². The fraction of sp³-hybridized carbons (Fsp3) is 0.257. The molecule has 4 heterocycles. The molecular weight excluding hydrogens is 869 g/mol. The van der Waals surface area contributed by atoms with Gasteiger partial charge < -0.3 is 8.80 Å². The Balaban J connectivity index is 1.17. The molecule has 0 fully saturated rings. The number of aryl methyl sites for hydroxylation is 2. The van der Waals surface area contributed by atoms with Crippen molar-refractivity contribution in [2.24, 2.45) is 0 Å². The van der Waals surface area contributed by atoms with E-state index in [9.17, 15) is 0 Å². The Morgan fingerprint density at radius 1 is 0.333 bits per heavy atom. The van der Waals surface area contributed by atoms with E-state index in [4.69, 9.17) is 4.11 Å². The highest BCUT2D eigenvalue weighted by atomic mass is 14.9. The van der Waals surface area contributed by atoms with Gasteiger partial charge in [-0.25, -0.2) is 0 Å². The summed E-state index contributed by atoms with van der Waals surface area (Å²) in [5, 5.41) is 17.4. The van der Waals surface area contributed by atoms with Crippen molar-refractivity contribution in [3.05, 3.63) is 167 Å². The van der Waals surface area contributed by atoms with Gasteiger partial charge in [-0.05, 0) is 197 Å². The number of hydrogen-bond donors (Lipinski definition) is 0. The lowest BCUT2D eigenvalue weighted by Gasteiger charge is -2.21. The van der Waals surface area contributed by atoms with Gasteiger partial charge in [0, 0.05) is 52.8 Å². The van der Waals surface area contributed by atoms with Crippen molar-refractivity contribution in [3.8, 4) is 22.3 Å². The summed E-state index contributed by atoms with van der Waals surface area (Å²) >= 11 is 0. The van der Waals surface area contributed by atoms with E-state index in [1.807, 2.05) is 19.1 Å². The van der Waals surface area contributed by atoms with E-state index >= 15 is 0 Å². The van der Waals surface area contributed by atoms with Gasteiger partial charge in [-0.3, -0.25) is 0 Å². The van der Waals surface area contributed by atoms with Crippen molar-refractivity contribution >= 4 is 109 Å².